The molecule has 1 aliphatic rings. The maximum atomic E-state index is 3.66. The van der Waals surface area contributed by atoms with Crippen molar-refractivity contribution in [1.29, 1.82) is 0 Å². The van der Waals surface area contributed by atoms with E-state index in [1.165, 1.54) is 26.6 Å². The first-order valence-electron chi connectivity index (χ1n) is 5.24. The highest BCUT2D eigenvalue weighted by Gasteiger charge is 2.18. The van der Waals surface area contributed by atoms with Crippen LogP contribution in [0.15, 0.2) is 22.7 Å². The monoisotopic (exact) mass is 264 g/mol. The summed E-state index contributed by atoms with van der Waals surface area (Å²) in [5.41, 5.74) is 4.28. The summed E-state index contributed by atoms with van der Waals surface area (Å²) in [4.78, 5) is 0. The predicted molar refractivity (Wildman–Crippen MR) is 66.0 cm³/mol. The number of aromatic nitrogens is 1. The number of halogens is 1. The van der Waals surface area contributed by atoms with E-state index >= 15 is 0 Å². The van der Waals surface area contributed by atoms with Gasteiger partial charge in [0.15, 0.2) is 0 Å². The van der Waals surface area contributed by atoms with Gasteiger partial charge in [0.25, 0.3) is 0 Å². The van der Waals surface area contributed by atoms with Gasteiger partial charge >= 0.3 is 0 Å². The largest absolute Gasteiger partial charge is 0.346 e. The van der Waals surface area contributed by atoms with E-state index in [0.29, 0.717) is 0 Å². The van der Waals surface area contributed by atoms with Gasteiger partial charge < -0.3 is 9.88 Å². The Kier molecular flexibility index (Phi) is 2.11. The Morgan fingerprint density at radius 3 is 3.13 bits per heavy atom. The summed E-state index contributed by atoms with van der Waals surface area (Å²) in [5, 5.41) is 4.83. The average molecular weight is 265 g/mol. The van der Waals surface area contributed by atoms with Crippen molar-refractivity contribution in [2.24, 2.45) is 7.05 Å². The fraction of sp³-hybridized carbons (Fsp3) is 0.333. The Bertz CT molecular complexity index is 528. The molecule has 0 bridgehead atoms. The van der Waals surface area contributed by atoms with E-state index in [4.69, 9.17) is 0 Å². The average Bonchev–Trinajstić information content (AvgIpc) is 2.55. The first kappa shape index (κ1) is 9.43. The van der Waals surface area contributed by atoms with Crippen molar-refractivity contribution in [2.45, 2.75) is 13.0 Å². The molecule has 0 atom stereocenters. The van der Waals surface area contributed by atoms with Gasteiger partial charge in [-0.2, -0.15) is 0 Å². The van der Waals surface area contributed by atoms with Crippen LogP contribution in [0.3, 0.4) is 0 Å². The molecule has 2 nitrogen and oxygen atoms in total. The van der Waals surface area contributed by atoms with Gasteiger partial charge in [0.1, 0.15) is 0 Å². The lowest BCUT2D eigenvalue weighted by Gasteiger charge is -2.14. The Morgan fingerprint density at radius 2 is 2.27 bits per heavy atom. The Morgan fingerprint density at radius 1 is 1.40 bits per heavy atom. The van der Waals surface area contributed by atoms with Gasteiger partial charge in [-0.15, -0.1) is 0 Å². The molecule has 1 aliphatic heterocycles. The lowest BCUT2D eigenvalue weighted by Crippen LogP contribution is -2.24. The molecule has 0 spiro atoms. The molecule has 0 radical (unpaired) electrons. The fourth-order valence-corrected chi connectivity index (χ4v) is 3.09. The Labute approximate surface area is 97.4 Å². The number of nitrogens with one attached hydrogen (secondary N) is 1. The standard InChI is InChI=1S/C12H13BrN2/c1-15-10-4-2-3-9(13)12(10)8-5-6-14-7-11(8)15/h2-4,14H,5-7H2,1H3. The van der Waals surface area contributed by atoms with Crippen LogP contribution >= 0.6 is 15.9 Å². The van der Waals surface area contributed by atoms with Crippen molar-refractivity contribution in [3.8, 4) is 0 Å². The molecule has 0 saturated heterocycles. The first-order valence-corrected chi connectivity index (χ1v) is 6.03. The molecule has 0 aliphatic carbocycles. The normalized spacial score (nSPS) is 15.6. The minimum Gasteiger partial charge on any atom is -0.346 e. The second-order valence-electron chi connectivity index (χ2n) is 4.05. The zero-order valence-electron chi connectivity index (χ0n) is 8.68. The predicted octanol–water partition coefficient (Wildman–Crippen LogP) is 2.59. The van der Waals surface area contributed by atoms with Crippen LogP contribution < -0.4 is 5.32 Å². The summed E-state index contributed by atoms with van der Waals surface area (Å²) in [5.74, 6) is 0. The first-order chi connectivity index (χ1) is 7.29. The number of benzene rings is 1. The van der Waals surface area contributed by atoms with Crippen LogP contribution in [0.5, 0.6) is 0 Å². The van der Waals surface area contributed by atoms with E-state index in [1.54, 1.807) is 0 Å². The topological polar surface area (TPSA) is 17.0 Å². The van der Waals surface area contributed by atoms with Gasteiger partial charge in [-0.1, -0.05) is 22.0 Å². The smallest absolute Gasteiger partial charge is 0.0494 e. The van der Waals surface area contributed by atoms with Crippen molar-refractivity contribution in [3.05, 3.63) is 33.9 Å². The highest BCUT2D eigenvalue weighted by molar-refractivity contribution is 9.10. The fourth-order valence-electron chi connectivity index (χ4n) is 2.50. The molecule has 2 aromatic rings. The molecule has 1 aromatic carbocycles. The second-order valence-corrected chi connectivity index (χ2v) is 4.90. The molecular formula is C12H13BrN2. The van der Waals surface area contributed by atoms with Crippen LogP contribution in [0, 0.1) is 0 Å². The molecular weight excluding hydrogens is 252 g/mol. The third-order valence-electron chi connectivity index (χ3n) is 3.25. The van der Waals surface area contributed by atoms with Crippen LogP contribution in [0.4, 0.5) is 0 Å². The third kappa shape index (κ3) is 1.26. The maximum Gasteiger partial charge on any atom is 0.0494 e. The highest BCUT2D eigenvalue weighted by Crippen LogP contribution is 2.32. The molecule has 0 saturated carbocycles. The van der Waals surface area contributed by atoms with Crippen molar-refractivity contribution < 1.29 is 0 Å². The number of nitrogens with zero attached hydrogens (tertiary/aromatic N) is 1. The summed E-state index contributed by atoms with van der Waals surface area (Å²) < 4.78 is 3.53. The minimum atomic E-state index is 0.993. The molecule has 1 aromatic heterocycles. The number of aryl methyl sites for hydroxylation is 1. The summed E-state index contributed by atoms with van der Waals surface area (Å²) in [6.45, 7) is 2.08. The van der Waals surface area contributed by atoms with Gasteiger partial charge in [0.2, 0.25) is 0 Å². The molecule has 1 N–H and O–H groups in total. The van der Waals surface area contributed by atoms with E-state index in [1.807, 2.05) is 0 Å². The van der Waals surface area contributed by atoms with Gasteiger partial charge in [0, 0.05) is 34.7 Å². The van der Waals surface area contributed by atoms with Crippen molar-refractivity contribution >= 4 is 26.8 Å². The Balaban J connectivity index is 2.44. The molecule has 15 heavy (non-hydrogen) atoms. The second kappa shape index (κ2) is 3.35. The summed E-state index contributed by atoms with van der Waals surface area (Å²) >= 11 is 3.66. The van der Waals surface area contributed by atoms with Gasteiger partial charge in [-0.3, -0.25) is 0 Å². The number of fused-ring (bicyclic) bond motifs is 3. The summed E-state index contributed by atoms with van der Waals surface area (Å²) in [6.07, 6.45) is 1.13. The van der Waals surface area contributed by atoms with Crippen LogP contribution in [0.25, 0.3) is 10.9 Å². The highest BCUT2D eigenvalue weighted by atomic mass is 79.9. The minimum absolute atomic E-state index is 0.993. The van der Waals surface area contributed by atoms with Crippen molar-refractivity contribution in [1.82, 2.24) is 9.88 Å². The van der Waals surface area contributed by atoms with Crippen LogP contribution in [0.2, 0.25) is 0 Å². The number of rotatable bonds is 0. The van der Waals surface area contributed by atoms with Gasteiger partial charge in [-0.25, -0.2) is 0 Å². The summed E-state index contributed by atoms with van der Waals surface area (Å²) in [6, 6.07) is 6.42. The molecule has 2 heterocycles. The van der Waals surface area contributed by atoms with E-state index in [-0.39, 0.29) is 0 Å². The number of hydrogen-bond acceptors (Lipinski definition) is 1. The van der Waals surface area contributed by atoms with E-state index < -0.39 is 0 Å². The lowest BCUT2D eigenvalue weighted by molar-refractivity contribution is 0.614. The van der Waals surface area contributed by atoms with Crippen molar-refractivity contribution in [3.63, 3.8) is 0 Å². The SMILES string of the molecule is Cn1c2c(c3c(Br)cccc31)CCNC2. The van der Waals surface area contributed by atoms with Crippen LogP contribution in [0.1, 0.15) is 11.3 Å². The maximum absolute atomic E-state index is 3.66. The van der Waals surface area contributed by atoms with Gasteiger partial charge in [-0.05, 0) is 30.7 Å². The zero-order chi connectivity index (χ0) is 10.4. The molecule has 0 unspecified atom stereocenters. The van der Waals surface area contributed by atoms with Crippen LogP contribution in [-0.2, 0) is 20.0 Å². The zero-order valence-corrected chi connectivity index (χ0v) is 10.3. The molecule has 0 amide bonds. The van der Waals surface area contributed by atoms with E-state index in [2.05, 4.69) is 51.1 Å². The molecule has 0 fully saturated rings. The van der Waals surface area contributed by atoms with E-state index in [9.17, 15) is 0 Å². The van der Waals surface area contributed by atoms with E-state index in [0.717, 1.165) is 19.5 Å². The molecule has 78 valence electrons. The lowest BCUT2D eigenvalue weighted by atomic mass is 10.1. The Hall–Kier alpha value is -0.800. The quantitative estimate of drug-likeness (QED) is 0.774. The van der Waals surface area contributed by atoms with Crippen LogP contribution in [-0.4, -0.2) is 11.1 Å². The molecule has 3 heteroatoms. The third-order valence-corrected chi connectivity index (χ3v) is 3.91. The molecule has 3 rings (SSSR count). The van der Waals surface area contributed by atoms with Gasteiger partial charge in [0.05, 0.1) is 0 Å². The number of hydrogen-bond donors (Lipinski definition) is 1. The van der Waals surface area contributed by atoms with Crippen molar-refractivity contribution in [2.75, 3.05) is 6.54 Å². The summed E-state index contributed by atoms with van der Waals surface area (Å²) in [7, 11) is 2.15.